The minimum absolute atomic E-state index is 0.0378. The number of urea groups is 1. The van der Waals surface area contributed by atoms with Crippen molar-refractivity contribution < 1.29 is 14.3 Å². The summed E-state index contributed by atoms with van der Waals surface area (Å²) in [5.41, 5.74) is 2.92. The van der Waals surface area contributed by atoms with Crippen molar-refractivity contribution in [3.63, 3.8) is 0 Å². The molecule has 0 spiro atoms. The summed E-state index contributed by atoms with van der Waals surface area (Å²) in [4.78, 5) is 14.2. The molecular formula is C20H24FN3O2. The van der Waals surface area contributed by atoms with Crippen LogP contribution in [0.4, 0.5) is 9.18 Å². The number of aliphatic hydroxyl groups excluding tert-OH is 1. The average molecular weight is 357 g/mol. The first-order valence-corrected chi connectivity index (χ1v) is 8.87. The van der Waals surface area contributed by atoms with Gasteiger partial charge in [-0.1, -0.05) is 42.5 Å². The summed E-state index contributed by atoms with van der Waals surface area (Å²) in [5.74, 6) is -0.479. The molecule has 1 heterocycles. The lowest BCUT2D eigenvalue weighted by atomic mass is 10.00. The van der Waals surface area contributed by atoms with Gasteiger partial charge in [-0.2, -0.15) is 0 Å². The molecule has 0 saturated heterocycles. The Bertz CT molecular complexity index is 753. The predicted molar refractivity (Wildman–Crippen MR) is 98.2 cm³/mol. The number of carbonyl (C=O) groups is 1. The second-order valence-electron chi connectivity index (χ2n) is 6.47. The molecule has 2 aromatic carbocycles. The lowest BCUT2D eigenvalue weighted by Crippen LogP contribution is -2.42. The summed E-state index contributed by atoms with van der Waals surface area (Å²) in [5, 5.41) is 15.3. The fourth-order valence-corrected chi connectivity index (χ4v) is 3.18. The van der Waals surface area contributed by atoms with Crippen LogP contribution in [-0.2, 0) is 13.0 Å². The number of hydrogen-bond donors (Lipinski definition) is 3. The maximum atomic E-state index is 13.6. The molecule has 6 heteroatoms. The van der Waals surface area contributed by atoms with Crippen LogP contribution in [0, 0.1) is 5.82 Å². The molecule has 26 heavy (non-hydrogen) atoms. The Morgan fingerprint density at radius 2 is 1.85 bits per heavy atom. The summed E-state index contributed by atoms with van der Waals surface area (Å²) in [7, 11) is 0. The van der Waals surface area contributed by atoms with Gasteiger partial charge in [-0.25, -0.2) is 9.18 Å². The summed E-state index contributed by atoms with van der Waals surface area (Å²) < 4.78 is 13.6. The molecule has 138 valence electrons. The molecule has 0 aromatic heterocycles. The second kappa shape index (κ2) is 8.78. The number of benzene rings is 2. The summed E-state index contributed by atoms with van der Waals surface area (Å²) in [6.07, 6.45) is -0.0439. The van der Waals surface area contributed by atoms with Crippen LogP contribution in [0.2, 0.25) is 0 Å². The lowest BCUT2D eigenvalue weighted by Gasteiger charge is -2.28. The summed E-state index contributed by atoms with van der Waals surface area (Å²) in [6.45, 7) is 3.11. The Kier molecular flexibility index (Phi) is 6.20. The third kappa shape index (κ3) is 4.80. The fourth-order valence-electron chi connectivity index (χ4n) is 3.18. The van der Waals surface area contributed by atoms with Crippen LogP contribution in [0.5, 0.6) is 0 Å². The van der Waals surface area contributed by atoms with Crippen molar-refractivity contribution in [3.8, 4) is 0 Å². The van der Waals surface area contributed by atoms with E-state index in [0.29, 0.717) is 6.54 Å². The number of halogens is 1. The van der Waals surface area contributed by atoms with Crippen molar-refractivity contribution in [2.75, 3.05) is 26.2 Å². The van der Waals surface area contributed by atoms with Crippen LogP contribution >= 0.6 is 0 Å². The number of nitrogens with one attached hydrogen (secondary N) is 2. The monoisotopic (exact) mass is 357 g/mol. The van der Waals surface area contributed by atoms with Crippen LogP contribution in [-0.4, -0.2) is 42.2 Å². The normalized spacial score (nSPS) is 15.2. The molecule has 5 nitrogen and oxygen atoms in total. The SMILES string of the molecule is O=C(NCCN1CCc2ccccc2C1)NCC(O)c1ccccc1F. The molecule has 3 N–H and O–H groups in total. The summed E-state index contributed by atoms with van der Waals surface area (Å²) in [6, 6.07) is 14.1. The zero-order chi connectivity index (χ0) is 18.4. The molecule has 1 unspecified atom stereocenters. The second-order valence-corrected chi connectivity index (χ2v) is 6.47. The number of nitrogens with zero attached hydrogens (tertiary/aromatic N) is 1. The zero-order valence-electron chi connectivity index (χ0n) is 14.6. The molecule has 0 radical (unpaired) electrons. The van der Waals surface area contributed by atoms with E-state index in [-0.39, 0.29) is 18.1 Å². The van der Waals surface area contributed by atoms with Gasteiger partial charge in [0.05, 0.1) is 6.10 Å². The number of aliphatic hydroxyl groups is 1. The number of hydrogen-bond acceptors (Lipinski definition) is 3. The largest absolute Gasteiger partial charge is 0.386 e. The van der Waals surface area contributed by atoms with Gasteiger partial charge in [0.1, 0.15) is 5.82 Å². The fraction of sp³-hybridized carbons (Fsp3) is 0.350. The number of fused-ring (bicyclic) bond motifs is 1. The Hall–Kier alpha value is -2.44. The van der Waals surface area contributed by atoms with Gasteiger partial charge in [0.25, 0.3) is 0 Å². The maximum Gasteiger partial charge on any atom is 0.314 e. The highest BCUT2D eigenvalue weighted by molar-refractivity contribution is 5.73. The highest BCUT2D eigenvalue weighted by atomic mass is 19.1. The zero-order valence-corrected chi connectivity index (χ0v) is 14.6. The molecule has 0 aliphatic carbocycles. The molecule has 1 aliphatic heterocycles. The van der Waals surface area contributed by atoms with Crippen LogP contribution in [0.15, 0.2) is 48.5 Å². The van der Waals surface area contributed by atoms with Gasteiger partial charge in [-0.15, -0.1) is 0 Å². The third-order valence-corrected chi connectivity index (χ3v) is 4.64. The molecule has 0 saturated carbocycles. The first-order chi connectivity index (χ1) is 12.6. The van der Waals surface area contributed by atoms with E-state index in [1.165, 1.54) is 23.3 Å². The Morgan fingerprint density at radius 1 is 1.12 bits per heavy atom. The van der Waals surface area contributed by atoms with Crippen LogP contribution in [0.1, 0.15) is 22.8 Å². The molecule has 2 aromatic rings. The van der Waals surface area contributed by atoms with Gasteiger partial charge in [0, 0.05) is 38.3 Å². The average Bonchev–Trinajstić information content (AvgIpc) is 2.66. The molecule has 3 rings (SSSR count). The van der Waals surface area contributed by atoms with E-state index in [2.05, 4.69) is 39.8 Å². The van der Waals surface area contributed by atoms with Crippen LogP contribution < -0.4 is 10.6 Å². The summed E-state index contributed by atoms with van der Waals surface area (Å²) >= 11 is 0. The smallest absolute Gasteiger partial charge is 0.314 e. The van der Waals surface area contributed by atoms with E-state index in [9.17, 15) is 14.3 Å². The molecule has 2 amide bonds. The van der Waals surface area contributed by atoms with E-state index >= 15 is 0 Å². The molecule has 0 bridgehead atoms. The third-order valence-electron chi connectivity index (χ3n) is 4.64. The standard InChI is InChI=1S/C20H24FN3O2/c21-18-8-4-3-7-17(18)19(25)13-23-20(26)22-10-12-24-11-9-15-5-1-2-6-16(15)14-24/h1-8,19,25H,9-14H2,(H2,22,23,26). The van der Waals surface area contributed by atoms with E-state index in [0.717, 1.165) is 26.1 Å². The first-order valence-electron chi connectivity index (χ1n) is 8.87. The highest BCUT2D eigenvalue weighted by Crippen LogP contribution is 2.18. The minimum atomic E-state index is -1.07. The minimum Gasteiger partial charge on any atom is -0.386 e. The van der Waals surface area contributed by atoms with Gasteiger partial charge in [-0.3, -0.25) is 4.90 Å². The van der Waals surface area contributed by atoms with Gasteiger partial charge < -0.3 is 15.7 Å². The van der Waals surface area contributed by atoms with E-state index in [1.807, 2.05) is 0 Å². The Balaban J connectivity index is 1.37. The number of carbonyl (C=O) groups excluding carboxylic acids is 1. The van der Waals surface area contributed by atoms with Gasteiger partial charge >= 0.3 is 6.03 Å². The Morgan fingerprint density at radius 3 is 2.65 bits per heavy atom. The quantitative estimate of drug-likeness (QED) is 0.743. The van der Waals surface area contributed by atoms with Gasteiger partial charge in [0.15, 0.2) is 0 Å². The van der Waals surface area contributed by atoms with Crippen molar-refractivity contribution in [1.82, 2.24) is 15.5 Å². The maximum absolute atomic E-state index is 13.6. The van der Waals surface area contributed by atoms with Crippen molar-refractivity contribution in [2.24, 2.45) is 0 Å². The Labute approximate surface area is 152 Å². The molecule has 0 fully saturated rings. The van der Waals surface area contributed by atoms with E-state index in [4.69, 9.17) is 0 Å². The van der Waals surface area contributed by atoms with Crippen molar-refractivity contribution in [2.45, 2.75) is 19.1 Å². The number of amides is 2. The number of rotatable bonds is 6. The predicted octanol–water partition coefficient (Wildman–Crippen LogP) is 2.22. The van der Waals surface area contributed by atoms with Gasteiger partial charge in [-0.05, 0) is 23.6 Å². The van der Waals surface area contributed by atoms with Gasteiger partial charge in [0.2, 0.25) is 0 Å². The van der Waals surface area contributed by atoms with E-state index < -0.39 is 11.9 Å². The lowest BCUT2D eigenvalue weighted by molar-refractivity contribution is 0.168. The van der Waals surface area contributed by atoms with Crippen LogP contribution in [0.3, 0.4) is 0 Å². The topological polar surface area (TPSA) is 64.6 Å². The van der Waals surface area contributed by atoms with E-state index in [1.54, 1.807) is 12.1 Å². The molecule has 1 aliphatic rings. The molecule has 1 atom stereocenters. The molecular weight excluding hydrogens is 333 g/mol. The van der Waals surface area contributed by atoms with Crippen molar-refractivity contribution in [3.05, 3.63) is 71.0 Å². The highest BCUT2D eigenvalue weighted by Gasteiger charge is 2.16. The first kappa shape index (κ1) is 18.4. The van der Waals surface area contributed by atoms with Crippen LogP contribution in [0.25, 0.3) is 0 Å². The van der Waals surface area contributed by atoms with Crippen molar-refractivity contribution >= 4 is 6.03 Å². The van der Waals surface area contributed by atoms with Crippen molar-refractivity contribution in [1.29, 1.82) is 0 Å².